The van der Waals surface area contributed by atoms with E-state index in [1.807, 2.05) is 0 Å². The van der Waals surface area contributed by atoms with E-state index in [9.17, 15) is 0 Å². The molecule has 1 aliphatic rings. The molecular formula is C13H20N2. The summed E-state index contributed by atoms with van der Waals surface area (Å²) in [5.74, 6) is 0.811. The van der Waals surface area contributed by atoms with E-state index < -0.39 is 0 Å². The van der Waals surface area contributed by atoms with Crippen molar-refractivity contribution in [1.29, 1.82) is 0 Å². The lowest BCUT2D eigenvalue weighted by Gasteiger charge is -2.32. The zero-order valence-electron chi connectivity index (χ0n) is 9.37. The summed E-state index contributed by atoms with van der Waals surface area (Å²) in [5.41, 5.74) is 8.43. The second-order valence-electron chi connectivity index (χ2n) is 4.71. The van der Waals surface area contributed by atoms with Crippen molar-refractivity contribution in [2.45, 2.75) is 32.4 Å². The van der Waals surface area contributed by atoms with Gasteiger partial charge in [0.05, 0.1) is 0 Å². The van der Waals surface area contributed by atoms with Crippen LogP contribution in [-0.2, 0) is 6.54 Å². The first-order valence-corrected chi connectivity index (χ1v) is 5.76. The van der Waals surface area contributed by atoms with Crippen LogP contribution in [0.5, 0.6) is 0 Å². The van der Waals surface area contributed by atoms with Gasteiger partial charge in [-0.1, -0.05) is 29.8 Å². The standard InChI is InChI=1S/C13H20N2/c1-10-2-4-11(5-3-10)8-15-9-12-6-13(14)7-12/h2-5,12-13,15H,6-9,14H2,1H3. The maximum absolute atomic E-state index is 5.74. The lowest BCUT2D eigenvalue weighted by molar-refractivity contribution is 0.256. The molecule has 0 spiro atoms. The van der Waals surface area contributed by atoms with Crippen molar-refractivity contribution in [1.82, 2.24) is 5.32 Å². The van der Waals surface area contributed by atoms with Crippen LogP contribution in [-0.4, -0.2) is 12.6 Å². The maximum Gasteiger partial charge on any atom is 0.0205 e. The SMILES string of the molecule is Cc1ccc(CNCC2CC(N)C2)cc1. The molecule has 0 radical (unpaired) electrons. The third-order valence-electron chi connectivity index (χ3n) is 3.15. The van der Waals surface area contributed by atoms with Crippen molar-refractivity contribution in [3.63, 3.8) is 0 Å². The third-order valence-corrected chi connectivity index (χ3v) is 3.15. The van der Waals surface area contributed by atoms with Gasteiger partial charge >= 0.3 is 0 Å². The molecule has 0 atom stereocenters. The summed E-state index contributed by atoms with van der Waals surface area (Å²) in [4.78, 5) is 0. The van der Waals surface area contributed by atoms with Crippen molar-refractivity contribution >= 4 is 0 Å². The van der Waals surface area contributed by atoms with Gasteiger partial charge in [0.1, 0.15) is 0 Å². The minimum Gasteiger partial charge on any atom is -0.328 e. The molecule has 0 saturated heterocycles. The van der Waals surface area contributed by atoms with E-state index in [1.54, 1.807) is 0 Å². The molecule has 82 valence electrons. The first-order valence-electron chi connectivity index (χ1n) is 5.76. The Balaban J connectivity index is 1.67. The normalized spacial score (nSPS) is 24.9. The zero-order chi connectivity index (χ0) is 10.7. The van der Waals surface area contributed by atoms with Crippen LogP contribution < -0.4 is 11.1 Å². The van der Waals surface area contributed by atoms with E-state index in [2.05, 4.69) is 36.5 Å². The zero-order valence-corrected chi connectivity index (χ0v) is 9.37. The van der Waals surface area contributed by atoms with E-state index in [0.717, 1.165) is 19.0 Å². The van der Waals surface area contributed by atoms with Gasteiger partial charge in [-0.2, -0.15) is 0 Å². The van der Waals surface area contributed by atoms with Gasteiger partial charge in [-0.3, -0.25) is 0 Å². The molecule has 0 aliphatic heterocycles. The summed E-state index contributed by atoms with van der Waals surface area (Å²) in [7, 11) is 0. The summed E-state index contributed by atoms with van der Waals surface area (Å²) in [6.45, 7) is 4.21. The fraction of sp³-hybridized carbons (Fsp3) is 0.538. The Morgan fingerprint density at radius 3 is 2.53 bits per heavy atom. The average molecular weight is 204 g/mol. The van der Waals surface area contributed by atoms with Gasteiger partial charge in [0.2, 0.25) is 0 Å². The summed E-state index contributed by atoms with van der Waals surface area (Å²) < 4.78 is 0. The summed E-state index contributed by atoms with van der Waals surface area (Å²) in [5, 5.41) is 3.49. The molecule has 0 bridgehead atoms. The fourth-order valence-corrected chi connectivity index (χ4v) is 2.08. The highest BCUT2D eigenvalue weighted by atomic mass is 14.9. The Morgan fingerprint density at radius 1 is 1.27 bits per heavy atom. The molecule has 1 fully saturated rings. The van der Waals surface area contributed by atoms with Crippen molar-refractivity contribution in [2.75, 3.05) is 6.54 Å². The van der Waals surface area contributed by atoms with Gasteiger partial charge in [-0.25, -0.2) is 0 Å². The van der Waals surface area contributed by atoms with Crippen LogP contribution >= 0.6 is 0 Å². The van der Waals surface area contributed by atoms with E-state index >= 15 is 0 Å². The van der Waals surface area contributed by atoms with Gasteiger partial charge < -0.3 is 11.1 Å². The first-order chi connectivity index (χ1) is 7.24. The molecule has 15 heavy (non-hydrogen) atoms. The molecule has 3 N–H and O–H groups in total. The van der Waals surface area contributed by atoms with Crippen LogP contribution in [0.25, 0.3) is 0 Å². The van der Waals surface area contributed by atoms with Crippen molar-refractivity contribution in [2.24, 2.45) is 11.7 Å². The van der Waals surface area contributed by atoms with Gasteiger partial charge in [-0.05, 0) is 37.8 Å². The monoisotopic (exact) mass is 204 g/mol. The van der Waals surface area contributed by atoms with Crippen molar-refractivity contribution in [3.8, 4) is 0 Å². The highest BCUT2D eigenvalue weighted by Crippen LogP contribution is 2.24. The van der Waals surface area contributed by atoms with Gasteiger partial charge in [0.15, 0.2) is 0 Å². The topological polar surface area (TPSA) is 38.0 Å². The number of hydrogen-bond donors (Lipinski definition) is 2. The number of hydrogen-bond acceptors (Lipinski definition) is 2. The Morgan fingerprint density at radius 2 is 1.93 bits per heavy atom. The lowest BCUT2D eigenvalue weighted by Crippen LogP contribution is -2.41. The second kappa shape index (κ2) is 4.77. The molecule has 1 aliphatic carbocycles. The van der Waals surface area contributed by atoms with Crippen molar-refractivity contribution in [3.05, 3.63) is 35.4 Å². The fourth-order valence-electron chi connectivity index (χ4n) is 2.08. The molecule has 1 aromatic carbocycles. The molecule has 0 unspecified atom stereocenters. The molecular weight excluding hydrogens is 184 g/mol. The molecule has 0 amide bonds. The number of nitrogens with one attached hydrogen (secondary N) is 1. The summed E-state index contributed by atoms with van der Waals surface area (Å²) >= 11 is 0. The number of rotatable bonds is 4. The molecule has 1 aromatic rings. The van der Waals surface area contributed by atoms with Gasteiger partial charge in [0, 0.05) is 12.6 Å². The Bertz CT molecular complexity index is 299. The minimum absolute atomic E-state index is 0.469. The maximum atomic E-state index is 5.74. The van der Waals surface area contributed by atoms with E-state index in [-0.39, 0.29) is 0 Å². The number of nitrogens with two attached hydrogens (primary N) is 1. The summed E-state index contributed by atoms with van der Waals surface area (Å²) in [6.07, 6.45) is 2.39. The first kappa shape index (κ1) is 10.7. The van der Waals surface area contributed by atoms with Crippen LogP contribution in [0.4, 0.5) is 0 Å². The largest absolute Gasteiger partial charge is 0.328 e. The van der Waals surface area contributed by atoms with Crippen LogP contribution in [0.1, 0.15) is 24.0 Å². The molecule has 1 saturated carbocycles. The van der Waals surface area contributed by atoms with Crippen LogP contribution in [0.3, 0.4) is 0 Å². The smallest absolute Gasteiger partial charge is 0.0205 e. The second-order valence-corrected chi connectivity index (χ2v) is 4.71. The van der Waals surface area contributed by atoms with Gasteiger partial charge in [-0.15, -0.1) is 0 Å². The predicted octanol–water partition coefficient (Wildman–Crippen LogP) is 1.82. The minimum atomic E-state index is 0.469. The van der Waals surface area contributed by atoms with Crippen molar-refractivity contribution < 1.29 is 0 Å². The van der Waals surface area contributed by atoms with E-state index in [1.165, 1.54) is 24.0 Å². The van der Waals surface area contributed by atoms with Crippen LogP contribution in [0.15, 0.2) is 24.3 Å². The Labute approximate surface area is 91.9 Å². The van der Waals surface area contributed by atoms with Crippen LogP contribution in [0, 0.1) is 12.8 Å². The van der Waals surface area contributed by atoms with Gasteiger partial charge in [0.25, 0.3) is 0 Å². The highest BCUT2D eigenvalue weighted by molar-refractivity contribution is 5.21. The predicted molar refractivity (Wildman–Crippen MR) is 63.6 cm³/mol. The highest BCUT2D eigenvalue weighted by Gasteiger charge is 2.24. The average Bonchev–Trinajstić information content (AvgIpc) is 2.18. The molecule has 2 heteroatoms. The Kier molecular flexibility index (Phi) is 3.39. The van der Waals surface area contributed by atoms with E-state index in [4.69, 9.17) is 5.73 Å². The molecule has 2 rings (SSSR count). The molecule has 0 heterocycles. The summed E-state index contributed by atoms with van der Waals surface area (Å²) in [6, 6.07) is 9.17. The third kappa shape index (κ3) is 3.05. The molecule has 0 aromatic heterocycles. The molecule has 2 nitrogen and oxygen atoms in total. The van der Waals surface area contributed by atoms with E-state index in [0.29, 0.717) is 6.04 Å². The van der Waals surface area contributed by atoms with Crippen LogP contribution in [0.2, 0.25) is 0 Å². The quantitative estimate of drug-likeness (QED) is 0.785. The number of benzene rings is 1. The number of aryl methyl sites for hydroxylation is 1. The Hall–Kier alpha value is -0.860. The lowest BCUT2D eigenvalue weighted by atomic mass is 9.81.